The molecule has 0 aromatic rings. The van der Waals surface area contributed by atoms with Gasteiger partial charge in [-0.25, -0.2) is 0 Å². The molecule has 1 heterocycles. The second-order valence-electron chi connectivity index (χ2n) is 5.30. The van der Waals surface area contributed by atoms with Crippen LogP contribution in [0.5, 0.6) is 0 Å². The number of likely N-dealkylation sites (tertiary alicyclic amines) is 1. The average Bonchev–Trinajstić information content (AvgIpc) is 2.63. The first-order valence-electron chi connectivity index (χ1n) is 7.49. The van der Waals surface area contributed by atoms with Crippen LogP contribution in [0.3, 0.4) is 0 Å². The van der Waals surface area contributed by atoms with Gasteiger partial charge in [0.05, 0.1) is 6.04 Å². The first-order chi connectivity index (χ1) is 8.74. The third-order valence-corrected chi connectivity index (χ3v) is 3.59. The maximum Gasteiger partial charge on any atom is 0.236 e. The van der Waals surface area contributed by atoms with Crippen molar-refractivity contribution in [2.45, 2.75) is 57.9 Å². The van der Waals surface area contributed by atoms with Crippen LogP contribution in [0.1, 0.15) is 51.9 Å². The minimum atomic E-state index is -0.326. The number of nitrogens with one attached hydrogen (secondary N) is 1. The highest BCUT2D eigenvalue weighted by atomic mass is 16.2. The van der Waals surface area contributed by atoms with E-state index in [1.54, 1.807) is 0 Å². The molecule has 1 fully saturated rings. The molecule has 0 radical (unpaired) electrons. The minimum absolute atomic E-state index is 0.00714. The standard InChI is InChI=1S/C14H29N3O/c1-2-8-13(15)14(18)16-9-7-12-17-10-5-3-4-6-11-17/h13H,2-12,15H2,1H3,(H,16,18). The van der Waals surface area contributed by atoms with E-state index in [1.165, 1.54) is 38.8 Å². The van der Waals surface area contributed by atoms with Crippen molar-refractivity contribution in [3.63, 3.8) is 0 Å². The summed E-state index contributed by atoms with van der Waals surface area (Å²) in [5, 5.41) is 2.93. The molecule has 0 saturated carbocycles. The van der Waals surface area contributed by atoms with Crippen molar-refractivity contribution >= 4 is 5.91 Å². The lowest BCUT2D eigenvalue weighted by Gasteiger charge is -2.19. The van der Waals surface area contributed by atoms with Crippen LogP contribution in [0.25, 0.3) is 0 Å². The fourth-order valence-electron chi connectivity index (χ4n) is 2.45. The van der Waals surface area contributed by atoms with Crippen molar-refractivity contribution in [1.82, 2.24) is 10.2 Å². The van der Waals surface area contributed by atoms with Crippen molar-refractivity contribution in [3.05, 3.63) is 0 Å². The lowest BCUT2D eigenvalue weighted by molar-refractivity contribution is -0.122. The van der Waals surface area contributed by atoms with Crippen LogP contribution in [0, 0.1) is 0 Å². The van der Waals surface area contributed by atoms with Gasteiger partial charge in [0.25, 0.3) is 0 Å². The predicted octanol–water partition coefficient (Wildman–Crippen LogP) is 1.50. The smallest absolute Gasteiger partial charge is 0.236 e. The van der Waals surface area contributed by atoms with E-state index in [0.29, 0.717) is 0 Å². The monoisotopic (exact) mass is 255 g/mol. The minimum Gasteiger partial charge on any atom is -0.355 e. The molecule has 1 saturated heterocycles. The van der Waals surface area contributed by atoms with Gasteiger partial charge in [0.1, 0.15) is 0 Å². The molecule has 0 spiro atoms. The molecule has 106 valence electrons. The second-order valence-corrected chi connectivity index (χ2v) is 5.30. The molecule has 4 nitrogen and oxygen atoms in total. The predicted molar refractivity (Wildman–Crippen MR) is 75.4 cm³/mol. The van der Waals surface area contributed by atoms with E-state index in [9.17, 15) is 4.79 Å². The van der Waals surface area contributed by atoms with Crippen LogP contribution in [-0.2, 0) is 4.79 Å². The molecule has 1 aliphatic heterocycles. The summed E-state index contributed by atoms with van der Waals surface area (Å²) < 4.78 is 0. The molecular weight excluding hydrogens is 226 g/mol. The van der Waals surface area contributed by atoms with E-state index in [1.807, 2.05) is 6.92 Å². The summed E-state index contributed by atoms with van der Waals surface area (Å²) in [5.41, 5.74) is 5.75. The van der Waals surface area contributed by atoms with Crippen LogP contribution in [0.2, 0.25) is 0 Å². The zero-order chi connectivity index (χ0) is 13.2. The molecule has 0 aromatic carbocycles. The quantitative estimate of drug-likeness (QED) is 0.678. The second kappa shape index (κ2) is 9.34. The van der Waals surface area contributed by atoms with Crippen molar-refractivity contribution in [1.29, 1.82) is 0 Å². The van der Waals surface area contributed by atoms with Gasteiger partial charge < -0.3 is 16.0 Å². The molecule has 3 N–H and O–H groups in total. The van der Waals surface area contributed by atoms with Crippen LogP contribution in [0.4, 0.5) is 0 Å². The number of carbonyl (C=O) groups excluding carboxylic acids is 1. The zero-order valence-electron chi connectivity index (χ0n) is 11.8. The molecule has 1 atom stereocenters. The maximum absolute atomic E-state index is 11.6. The van der Waals surface area contributed by atoms with Gasteiger partial charge in [-0.05, 0) is 45.3 Å². The molecule has 1 unspecified atom stereocenters. The van der Waals surface area contributed by atoms with Crippen molar-refractivity contribution in [2.24, 2.45) is 5.73 Å². The van der Waals surface area contributed by atoms with Gasteiger partial charge in [-0.15, -0.1) is 0 Å². The zero-order valence-corrected chi connectivity index (χ0v) is 11.8. The van der Waals surface area contributed by atoms with Gasteiger partial charge >= 0.3 is 0 Å². The molecule has 0 aromatic heterocycles. The van der Waals surface area contributed by atoms with Crippen molar-refractivity contribution < 1.29 is 4.79 Å². The molecule has 1 aliphatic rings. The summed E-state index contributed by atoms with van der Waals surface area (Å²) in [7, 11) is 0. The Kier molecular flexibility index (Phi) is 8.01. The summed E-state index contributed by atoms with van der Waals surface area (Å²) in [6, 6.07) is -0.326. The SMILES string of the molecule is CCCC(N)C(=O)NCCCN1CCCCCC1. The summed E-state index contributed by atoms with van der Waals surface area (Å²) >= 11 is 0. The first-order valence-corrected chi connectivity index (χ1v) is 7.49. The van der Waals surface area contributed by atoms with Crippen LogP contribution in [0.15, 0.2) is 0 Å². The normalized spacial score (nSPS) is 19.2. The Hall–Kier alpha value is -0.610. The fourth-order valence-corrected chi connectivity index (χ4v) is 2.45. The van der Waals surface area contributed by atoms with Crippen molar-refractivity contribution in [3.8, 4) is 0 Å². The van der Waals surface area contributed by atoms with Gasteiger partial charge in [-0.2, -0.15) is 0 Å². The third-order valence-electron chi connectivity index (χ3n) is 3.59. The largest absolute Gasteiger partial charge is 0.355 e. The average molecular weight is 255 g/mol. The summed E-state index contributed by atoms with van der Waals surface area (Å²) in [6.07, 6.45) is 8.17. The van der Waals surface area contributed by atoms with E-state index in [-0.39, 0.29) is 11.9 Å². The Morgan fingerprint density at radius 1 is 1.28 bits per heavy atom. The summed E-state index contributed by atoms with van der Waals surface area (Å²) in [5.74, 6) is 0.00714. The Morgan fingerprint density at radius 3 is 2.56 bits per heavy atom. The molecular formula is C14H29N3O. The van der Waals surface area contributed by atoms with Crippen molar-refractivity contribution in [2.75, 3.05) is 26.2 Å². The number of hydrogen-bond donors (Lipinski definition) is 2. The fraction of sp³-hybridized carbons (Fsp3) is 0.929. The van der Waals surface area contributed by atoms with E-state index >= 15 is 0 Å². The Bertz CT molecular complexity index is 225. The van der Waals surface area contributed by atoms with Crippen LogP contribution in [-0.4, -0.2) is 43.0 Å². The van der Waals surface area contributed by atoms with Gasteiger partial charge in [-0.3, -0.25) is 4.79 Å². The topological polar surface area (TPSA) is 58.4 Å². The molecule has 1 rings (SSSR count). The summed E-state index contributed by atoms with van der Waals surface area (Å²) in [6.45, 7) is 6.36. The highest BCUT2D eigenvalue weighted by Crippen LogP contribution is 2.09. The summed E-state index contributed by atoms with van der Waals surface area (Å²) in [4.78, 5) is 14.1. The number of carbonyl (C=O) groups is 1. The molecule has 18 heavy (non-hydrogen) atoms. The highest BCUT2D eigenvalue weighted by molar-refractivity contribution is 5.81. The van der Waals surface area contributed by atoms with Gasteiger partial charge in [0.2, 0.25) is 5.91 Å². The Morgan fingerprint density at radius 2 is 1.94 bits per heavy atom. The molecule has 0 aliphatic carbocycles. The molecule has 4 heteroatoms. The van der Waals surface area contributed by atoms with Crippen LogP contribution >= 0.6 is 0 Å². The third kappa shape index (κ3) is 6.36. The van der Waals surface area contributed by atoms with Gasteiger partial charge in [-0.1, -0.05) is 26.2 Å². The lowest BCUT2D eigenvalue weighted by atomic mass is 10.1. The van der Waals surface area contributed by atoms with Gasteiger partial charge in [0.15, 0.2) is 0 Å². The Balaban J connectivity index is 2.05. The van der Waals surface area contributed by atoms with E-state index in [2.05, 4.69) is 10.2 Å². The maximum atomic E-state index is 11.6. The van der Waals surface area contributed by atoms with E-state index in [4.69, 9.17) is 5.73 Å². The van der Waals surface area contributed by atoms with Gasteiger partial charge in [0, 0.05) is 6.54 Å². The lowest BCUT2D eigenvalue weighted by Crippen LogP contribution is -2.41. The Labute approximate surface area is 111 Å². The molecule has 1 amide bonds. The number of amides is 1. The van der Waals surface area contributed by atoms with E-state index in [0.717, 1.165) is 32.4 Å². The van der Waals surface area contributed by atoms with Crippen LogP contribution < -0.4 is 11.1 Å². The number of rotatable bonds is 7. The molecule has 0 bridgehead atoms. The first kappa shape index (κ1) is 15.4. The van der Waals surface area contributed by atoms with E-state index < -0.39 is 0 Å². The number of hydrogen-bond acceptors (Lipinski definition) is 3. The highest BCUT2D eigenvalue weighted by Gasteiger charge is 2.12. The number of nitrogens with two attached hydrogens (primary N) is 1. The number of nitrogens with zero attached hydrogens (tertiary/aromatic N) is 1.